The average molecular weight is 260 g/mol. The van der Waals surface area contributed by atoms with Crippen LogP contribution in [0, 0.1) is 0 Å². The van der Waals surface area contributed by atoms with Crippen LogP contribution in [0.4, 0.5) is 0 Å². The van der Waals surface area contributed by atoms with Crippen LogP contribution in [-0.4, -0.2) is 41.1 Å². The lowest BCUT2D eigenvalue weighted by atomic mass is 9.94. The Bertz CT molecular complexity index is 475. The van der Waals surface area contributed by atoms with Crippen LogP contribution in [0.5, 0.6) is 0 Å². The minimum absolute atomic E-state index is 0.133. The zero-order chi connectivity index (χ0) is 13.2. The molecule has 0 spiro atoms. The Kier molecular flexibility index (Phi) is 3.53. The van der Waals surface area contributed by atoms with Crippen molar-refractivity contribution in [2.24, 2.45) is 0 Å². The van der Waals surface area contributed by atoms with Gasteiger partial charge in [0, 0.05) is 19.6 Å². The minimum Gasteiger partial charge on any atom is -0.391 e. The highest BCUT2D eigenvalue weighted by Crippen LogP contribution is 2.19. The first-order chi connectivity index (χ1) is 9.24. The topological polar surface area (TPSA) is 52.6 Å². The summed E-state index contributed by atoms with van der Waals surface area (Å²) in [6.07, 6.45) is 2.11. The molecular formula is C15H20N2O2. The molecule has 2 aliphatic rings. The molecule has 4 nitrogen and oxygen atoms in total. The number of piperidine rings is 1. The number of amides is 1. The van der Waals surface area contributed by atoms with E-state index in [0.29, 0.717) is 6.54 Å². The number of rotatable bonds is 1. The van der Waals surface area contributed by atoms with Gasteiger partial charge < -0.3 is 15.3 Å². The zero-order valence-corrected chi connectivity index (χ0v) is 11.0. The summed E-state index contributed by atoms with van der Waals surface area (Å²) in [4.78, 5) is 14.3. The molecule has 1 saturated heterocycles. The molecular weight excluding hydrogens is 240 g/mol. The van der Waals surface area contributed by atoms with E-state index in [1.807, 2.05) is 12.1 Å². The molecule has 0 saturated carbocycles. The largest absolute Gasteiger partial charge is 0.391 e. The number of aliphatic hydroxyl groups excluding tert-OH is 1. The number of hydrogen-bond acceptors (Lipinski definition) is 3. The molecule has 102 valence electrons. The Morgan fingerprint density at radius 1 is 1.32 bits per heavy atom. The van der Waals surface area contributed by atoms with Crippen LogP contribution in [0.3, 0.4) is 0 Å². The third-order valence-corrected chi connectivity index (χ3v) is 4.09. The van der Waals surface area contributed by atoms with Crippen LogP contribution in [-0.2, 0) is 17.8 Å². The van der Waals surface area contributed by atoms with Gasteiger partial charge in [-0.05, 0) is 30.4 Å². The van der Waals surface area contributed by atoms with E-state index in [0.717, 1.165) is 32.4 Å². The van der Waals surface area contributed by atoms with Crippen LogP contribution >= 0.6 is 0 Å². The van der Waals surface area contributed by atoms with E-state index in [1.165, 1.54) is 11.1 Å². The van der Waals surface area contributed by atoms with E-state index in [2.05, 4.69) is 17.4 Å². The lowest BCUT2D eigenvalue weighted by Gasteiger charge is -2.34. The first-order valence-electron chi connectivity index (χ1n) is 7.01. The second-order valence-corrected chi connectivity index (χ2v) is 5.49. The van der Waals surface area contributed by atoms with Crippen molar-refractivity contribution < 1.29 is 9.90 Å². The minimum atomic E-state index is -0.353. The summed E-state index contributed by atoms with van der Waals surface area (Å²) in [5.41, 5.74) is 2.54. The zero-order valence-electron chi connectivity index (χ0n) is 11.0. The number of hydrogen-bond donors (Lipinski definition) is 2. The number of aliphatic hydroxyl groups is 1. The number of β-amino-alcohol motifs (C(OH)–C–C–N with tert-alkyl or cyclic N) is 1. The van der Waals surface area contributed by atoms with E-state index >= 15 is 0 Å². The maximum Gasteiger partial charge on any atom is 0.240 e. The van der Waals surface area contributed by atoms with Crippen molar-refractivity contribution in [2.75, 3.05) is 13.1 Å². The molecule has 1 fully saturated rings. The lowest BCUT2D eigenvalue weighted by Crippen LogP contribution is -2.52. The van der Waals surface area contributed by atoms with E-state index in [9.17, 15) is 9.90 Å². The van der Waals surface area contributed by atoms with Gasteiger partial charge in [0.1, 0.15) is 0 Å². The fraction of sp³-hybridized carbons (Fsp3) is 0.533. The molecule has 19 heavy (non-hydrogen) atoms. The summed E-state index contributed by atoms with van der Waals surface area (Å²) in [5, 5.41) is 13.0. The van der Waals surface area contributed by atoms with Crippen LogP contribution in [0.25, 0.3) is 0 Å². The van der Waals surface area contributed by atoms with Crippen molar-refractivity contribution in [1.29, 1.82) is 0 Å². The first kappa shape index (κ1) is 12.6. The van der Waals surface area contributed by atoms with Crippen molar-refractivity contribution in [3.8, 4) is 0 Å². The lowest BCUT2D eigenvalue weighted by molar-refractivity contribution is -0.136. The molecule has 0 aromatic heterocycles. The monoisotopic (exact) mass is 260 g/mol. The maximum atomic E-state index is 12.5. The predicted octanol–water partition coefficient (Wildman–Crippen LogP) is 0.684. The van der Waals surface area contributed by atoms with Gasteiger partial charge in [0.15, 0.2) is 0 Å². The molecule has 0 aliphatic carbocycles. The normalized spacial score (nSPS) is 26.9. The van der Waals surface area contributed by atoms with Crippen LogP contribution < -0.4 is 5.32 Å². The van der Waals surface area contributed by atoms with Gasteiger partial charge in [0.05, 0.1) is 12.1 Å². The van der Waals surface area contributed by atoms with Gasteiger partial charge >= 0.3 is 0 Å². The fourth-order valence-corrected chi connectivity index (χ4v) is 3.00. The van der Waals surface area contributed by atoms with Gasteiger partial charge in [0.2, 0.25) is 5.91 Å². The molecule has 0 unspecified atom stereocenters. The summed E-state index contributed by atoms with van der Waals surface area (Å²) in [6, 6.07) is 8.12. The molecule has 0 radical (unpaired) electrons. The molecule has 2 N–H and O–H groups in total. The van der Waals surface area contributed by atoms with Gasteiger partial charge in [-0.25, -0.2) is 0 Å². The number of carbonyl (C=O) groups excluding carboxylic acids is 1. The van der Waals surface area contributed by atoms with Crippen LogP contribution in [0.15, 0.2) is 24.3 Å². The Morgan fingerprint density at radius 2 is 2.11 bits per heavy atom. The van der Waals surface area contributed by atoms with Gasteiger partial charge in [-0.2, -0.15) is 0 Å². The van der Waals surface area contributed by atoms with E-state index in [-0.39, 0.29) is 18.1 Å². The van der Waals surface area contributed by atoms with Crippen molar-refractivity contribution in [3.63, 3.8) is 0 Å². The van der Waals surface area contributed by atoms with Crippen molar-refractivity contribution in [1.82, 2.24) is 10.2 Å². The van der Waals surface area contributed by atoms with E-state index in [1.54, 1.807) is 4.90 Å². The molecule has 2 atom stereocenters. The number of carbonyl (C=O) groups is 1. The van der Waals surface area contributed by atoms with Crippen LogP contribution in [0.1, 0.15) is 24.0 Å². The van der Waals surface area contributed by atoms with Crippen molar-refractivity contribution in [2.45, 2.75) is 38.0 Å². The highest BCUT2D eigenvalue weighted by Gasteiger charge is 2.30. The summed E-state index contributed by atoms with van der Waals surface area (Å²) < 4.78 is 0. The summed E-state index contributed by atoms with van der Waals surface area (Å²) in [5.74, 6) is 0.133. The fourth-order valence-electron chi connectivity index (χ4n) is 3.00. The molecule has 2 heterocycles. The second-order valence-electron chi connectivity index (χ2n) is 5.49. The van der Waals surface area contributed by atoms with E-state index in [4.69, 9.17) is 0 Å². The number of benzene rings is 1. The molecule has 1 aromatic carbocycles. The first-order valence-corrected chi connectivity index (χ1v) is 7.01. The van der Waals surface area contributed by atoms with Gasteiger partial charge in [-0.1, -0.05) is 24.3 Å². The van der Waals surface area contributed by atoms with E-state index < -0.39 is 0 Å². The Labute approximate surface area is 113 Å². The molecule has 2 aliphatic heterocycles. The summed E-state index contributed by atoms with van der Waals surface area (Å²) >= 11 is 0. The quantitative estimate of drug-likeness (QED) is 0.781. The number of nitrogens with zero attached hydrogens (tertiary/aromatic N) is 1. The summed E-state index contributed by atoms with van der Waals surface area (Å²) in [7, 11) is 0. The third-order valence-electron chi connectivity index (χ3n) is 4.09. The smallest absolute Gasteiger partial charge is 0.240 e. The molecule has 1 aromatic rings. The van der Waals surface area contributed by atoms with Gasteiger partial charge in [-0.15, -0.1) is 0 Å². The Hall–Kier alpha value is -1.39. The predicted molar refractivity (Wildman–Crippen MR) is 72.6 cm³/mol. The number of likely N-dealkylation sites (tertiary alicyclic amines) is 1. The van der Waals surface area contributed by atoms with Gasteiger partial charge in [0.25, 0.3) is 0 Å². The molecule has 3 rings (SSSR count). The average Bonchev–Trinajstić information content (AvgIpc) is 2.46. The molecule has 4 heteroatoms. The summed E-state index contributed by atoms with van der Waals surface area (Å²) in [6.45, 7) is 2.01. The SMILES string of the molecule is O=C([C@H]1Cc2ccccc2CN1)N1CCC[C@H](O)C1. The molecule has 1 amide bonds. The van der Waals surface area contributed by atoms with Crippen molar-refractivity contribution >= 4 is 5.91 Å². The second kappa shape index (κ2) is 5.31. The standard InChI is InChI=1S/C15H20N2O2/c18-13-6-3-7-17(10-13)15(19)14-8-11-4-1-2-5-12(11)9-16-14/h1-2,4-5,13-14,16,18H,3,6-10H2/t13-,14+/m0/s1. The van der Waals surface area contributed by atoms with Gasteiger partial charge in [-0.3, -0.25) is 4.79 Å². The van der Waals surface area contributed by atoms with Crippen LogP contribution in [0.2, 0.25) is 0 Å². The Balaban J connectivity index is 1.69. The highest BCUT2D eigenvalue weighted by molar-refractivity contribution is 5.82. The Morgan fingerprint density at radius 3 is 2.89 bits per heavy atom. The number of fused-ring (bicyclic) bond motifs is 1. The molecule has 0 bridgehead atoms. The van der Waals surface area contributed by atoms with Crippen molar-refractivity contribution in [3.05, 3.63) is 35.4 Å². The third kappa shape index (κ3) is 2.65. The number of nitrogens with one attached hydrogen (secondary N) is 1. The highest BCUT2D eigenvalue weighted by atomic mass is 16.3. The maximum absolute atomic E-state index is 12.5.